The average molecular weight is 461 g/mol. The molecule has 7 heteroatoms. The predicted molar refractivity (Wildman–Crippen MR) is 114 cm³/mol. The Balaban J connectivity index is 1.70. The second kappa shape index (κ2) is 7.63. The Morgan fingerprint density at radius 1 is 1.14 bits per heavy atom. The van der Waals surface area contributed by atoms with E-state index in [2.05, 4.69) is 32.8 Å². The number of carbonyl (C=O) groups excluding carboxylic acids is 1. The van der Waals surface area contributed by atoms with Crippen LogP contribution in [0.1, 0.15) is 29.8 Å². The van der Waals surface area contributed by atoms with Gasteiger partial charge in [-0.2, -0.15) is 0 Å². The van der Waals surface area contributed by atoms with E-state index in [1.165, 1.54) is 0 Å². The SMILES string of the molecule is CN1CCN(C2Oc3c(Br)cc(C(=O)c4ccccc4)c(O)c3OC2(C)C)CC1. The van der Waals surface area contributed by atoms with E-state index in [0.717, 1.165) is 26.2 Å². The van der Waals surface area contributed by atoms with Crippen LogP contribution in [0.2, 0.25) is 0 Å². The molecule has 1 N–H and O–H groups in total. The molecule has 0 aliphatic carbocycles. The molecular formula is C22H25BrN2O4. The fourth-order valence-corrected chi connectivity index (χ4v) is 4.36. The van der Waals surface area contributed by atoms with E-state index in [1.54, 1.807) is 30.3 Å². The zero-order chi connectivity index (χ0) is 20.8. The van der Waals surface area contributed by atoms with Crippen molar-refractivity contribution in [3.63, 3.8) is 0 Å². The van der Waals surface area contributed by atoms with Gasteiger partial charge in [0.15, 0.2) is 29.1 Å². The van der Waals surface area contributed by atoms with Crippen LogP contribution < -0.4 is 9.47 Å². The molecule has 2 aliphatic rings. The summed E-state index contributed by atoms with van der Waals surface area (Å²) in [7, 11) is 2.11. The van der Waals surface area contributed by atoms with Crippen molar-refractivity contribution in [3.8, 4) is 17.2 Å². The number of phenols is 1. The minimum atomic E-state index is -0.700. The van der Waals surface area contributed by atoms with Crippen molar-refractivity contribution < 1.29 is 19.4 Å². The molecule has 2 heterocycles. The average Bonchev–Trinajstić information content (AvgIpc) is 2.71. The summed E-state index contributed by atoms with van der Waals surface area (Å²) in [5.74, 6) is 0.167. The quantitative estimate of drug-likeness (QED) is 0.707. The summed E-state index contributed by atoms with van der Waals surface area (Å²) < 4.78 is 13.2. The number of carbonyl (C=O) groups is 1. The number of nitrogens with zero attached hydrogens (tertiary/aromatic N) is 2. The van der Waals surface area contributed by atoms with E-state index in [-0.39, 0.29) is 29.1 Å². The van der Waals surface area contributed by atoms with Gasteiger partial charge >= 0.3 is 0 Å². The first kappa shape index (κ1) is 20.2. The first-order chi connectivity index (χ1) is 13.8. The van der Waals surface area contributed by atoms with Gasteiger partial charge in [0.1, 0.15) is 0 Å². The number of fused-ring (bicyclic) bond motifs is 1. The van der Waals surface area contributed by atoms with Gasteiger partial charge in [0, 0.05) is 31.7 Å². The summed E-state index contributed by atoms with van der Waals surface area (Å²) in [4.78, 5) is 17.5. The number of rotatable bonds is 3. The third kappa shape index (κ3) is 3.74. The number of ether oxygens (including phenoxy) is 2. The van der Waals surface area contributed by atoms with Crippen LogP contribution in [0.15, 0.2) is 40.9 Å². The maximum Gasteiger partial charge on any atom is 0.206 e. The van der Waals surface area contributed by atoms with Crippen LogP contribution in [0, 0.1) is 0 Å². The lowest BCUT2D eigenvalue weighted by atomic mass is 9.99. The molecule has 0 radical (unpaired) electrons. The van der Waals surface area contributed by atoms with E-state index < -0.39 is 5.60 Å². The molecule has 0 spiro atoms. The van der Waals surface area contributed by atoms with Crippen molar-refractivity contribution in [2.24, 2.45) is 0 Å². The molecular weight excluding hydrogens is 436 g/mol. The van der Waals surface area contributed by atoms with Crippen LogP contribution in [-0.4, -0.2) is 65.7 Å². The minimum Gasteiger partial charge on any atom is -0.504 e. The Hall–Kier alpha value is -2.09. The molecule has 2 aromatic rings. The highest BCUT2D eigenvalue weighted by Crippen LogP contribution is 2.50. The third-order valence-corrected chi connectivity index (χ3v) is 6.09. The Kier molecular flexibility index (Phi) is 5.31. The summed E-state index contributed by atoms with van der Waals surface area (Å²) in [6, 6.07) is 10.5. The van der Waals surface area contributed by atoms with Gasteiger partial charge in [-0.05, 0) is 42.9 Å². The number of benzene rings is 2. The van der Waals surface area contributed by atoms with E-state index in [4.69, 9.17) is 9.47 Å². The molecule has 2 aliphatic heterocycles. The van der Waals surface area contributed by atoms with Crippen molar-refractivity contribution in [2.75, 3.05) is 33.2 Å². The molecule has 4 rings (SSSR count). The molecule has 1 unspecified atom stereocenters. The number of halogens is 1. The number of phenolic OH excluding ortho intramolecular Hbond substituents is 1. The van der Waals surface area contributed by atoms with Gasteiger partial charge in [-0.3, -0.25) is 9.69 Å². The van der Waals surface area contributed by atoms with Gasteiger partial charge < -0.3 is 19.5 Å². The number of hydrogen-bond donors (Lipinski definition) is 1. The van der Waals surface area contributed by atoms with Gasteiger partial charge in [-0.25, -0.2) is 0 Å². The summed E-state index contributed by atoms with van der Waals surface area (Å²) in [5, 5.41) is 10.9. The Labute approximate surface area is 179 Å². The van der Waals surface area contributed by atoms with Gasteiger partial charge in [-0.15, -0.1) is 0 Å². The number of piperazine rings is 1. The van der Waals surface area contributed by atoms with Crippen LogP contribution in [0.4, 0.5) is 0 Å². The zero-order valence-electron chi connectivity index (χ0n) is 16.8. The third-order valence-electron chi connectivity index (χ3n) is 5.50. The Bertz CT molecular complexity index is 924. The lowest BCUT2D eigenvalue weighted by Gasteiger charge is -2.47. The van der Waals surface area contributed by atoms with Crippen LogP contribution in [0.25, 0.3) is 0 Å². The van der Waals surface area contributed by atoms with Crippen LogP contribution in [0.5, 0.6) is 17.2 Å². The summed E-state index contributed by atoms with van der Waals surface area (Å²) in [6.07, 6.45) is -0.296. The normalized spacial score (nSPS) is 21.7. The summed E-state index contributed by atoms with van der Waals surface area (Å²) in [6.45, 7) is 7.55. The number of likely N-dealkylation sites (N-methyl/N-ethyl adjacent to an activating group) is 1. The lowest BCUT2D eigenvalue weighted by Crippen LogP contribution is -2.61. The first-order valence-corrected chi connectivity index (χ1v) is 10.5. The topological polar surface area (TPSA) is 62.2 Å². The molecule has 0 aromatic heterocycles. The molecule has 6 nitrogen and oxygen atoms in total. The Morgan fingerprint density at radius 3 is 2.45 bits per heavy atom. The molecule has 29 heavy (non-hydrogen) atoms. The van der Waals surface area contributed by atoms with E-state index in [9.17, 15) is 9.90 Å². The van der Waals surface area contributed by atoms with Crippen molar-refractivity contribution in [1.29, 1.82) is 0 Å². The molecule has 0 amide bonds. The molecule has 0 saturated carbocycles. The standard InChI is InChI=1S/C22H25BrN2O4/c1-22(2)21(25-11-9-24(3)10-12-25)28-19-16(23)13-15(18(27)20(19)29-22)17(26)14-7-5-4-6-8-14/h4-8,13,21,27H,9-12H2,1-3H3. The number of ketones is 1. The molecule has 2 aromatic carbocycles. The van der Waals surface area contributed by atoms with Crippen molar-refractivity contribution in [1.82, 2.24) is 9.80 Å². The second-order valence-corrected chi connectivity index (χ2v) is 8.98. The predicted octanol–water partition coefficient (Wildman–Crippen LogP) is 3.51. The highest BCUT2D eigenvalue weighted by molar-refractivity contribution is 9.10. The molecule has 1 fully saturated rings. The van der Waals surface area contributed by atoms with Crippen molar-refractivity contribution in [2.45, 2.75) is 25.7 Å². The smallest absolute Gasteiger partial charge is 0.206 e. The number of hydrogen-bond acceptors (Lipinski definition) is 6. The van der Waals surface area contributed by atoms with Crippen molar-refractivity contribution in [3.05, 3.63) is 52.0 Å². The highest BCUT2D eigenvalue weighted by Gasteiger charge is 2.45. The monoisotopic (exact) mass is 460 g/mol. The largest absolute Gasteiger partial charge is 0.504 e. The van der Waals surface area contributed by atoms with Gasteiger partial charge in [0.05, 0.1) is 10.0 Å². The van der Waals surface area contributed by atoms with E-state index in [0.29, 0.717) is 15.8 Å². The fraction of sp³-hybridized carbons (Fsp3) is 0.409. The zero-order valence-corrected chi connectivity index (χ0v) is 18.4. The Morgan fingerprint density at radius 2 is 1.79 bits per heavy atom. The van der Waals surface area contributed by atoms with Crippen LogP contribution in [-0.2, 0) is 0 Å². The van der Waals surface area contributed by atoms with E-state index in [1.807, 2.05) is 19.9 Å². The fourth-order valence-electron chi connectivity index (χ4n) is 3.86. The van der Waals surface area contributed by atoms with Gasteiger partial charge in [-0.1, -0.05) is 30.3 Å². The highest BCUT2D eigenvalue weighted by atomic mass is 79.9. The molecule has 0 bridgehead atoms. The molecule has 154 valence electrons. The second-order valence-electron chi connectivity index (χ2n) is 8.12. The van der Waals surface area contributed by atoms with E-state index >= 15 is 0 Å². The number of aromatic hydroxyl groups is 1. The first-order valence-electron chi connectivity index (χ1n) is 9.71. The summed E-state index contributed by atoms with van der Waals surface area (Å²) >= 11 is 3.51. The minimum absolute atomic E-state index is 0.180. The maximum atomic E-state index is 12.9. The lowest BCUT2D eigenvalue weighted by molar-refractivity contribution is -0.132. The maximum absolute atomic E-state index is 12.9. The molecule has 1 saturated heterocycles. The van der Waals surface area contributed by atoms with Gasteiger partial charge in [0.25, 0.3) is 0 Å². The van der Waals surface area contributed by atoms with Crippen molar-refractivity contribution >= 4 is 21.7 Å². The van der Waals surface area contributed by atoms with Crippen LogP contribution in [0.3, 0.4) is 0 Å². The van der Waals surface area contributed by atoms with Crippen LogP contribution >= 0.6 is 15.9 Å². The summed E-state index contributed by atoms with van der Waals surface area (Å²) in [5.41, 5.74) is -0.0194. The molecule has 1 atom stereocenters. The van der Waals surface area contributed by atoms with Gasteiger partial charge in [0.2, 0.25) is 5.75 Å².